The highest BCUT2D eigenvalue weighted by molar-refractivity contribution is 7.92. The van der Waals surface area contributed by atoms with Gasteiger partial charge in [-0.1, -0.05) is 61.3 Å². The SMILES string of the molecule is CCOc1ccccc1N(CC(=O)N(Cc1ccc(Cl)cc1)[C@H](CC)C(=O)N[C@@H](C)CC)S(=O)(=O)c1ccc(Cl)cc1. The molecule has 0 aliphatic carbocycles. The van der Waals surface area contributed by atoms with Crippen LogP contribution in [0, 0.1) is 0 Å². The van der Waals surface area contributed by atoms with E-state index in [1.807, 2.05) is 20.8 Å². The third-order valence-electron chi connectivity index (χ3n) is 6.77. The van der Waals surface area contributed by atoms with Crippen LogP contribution in [0.5, 0.6) is 5.75 Å². The van der Waals surface area contributed by atoms with Crippen molar-refractivity contribution in [3.8, 4) is 5.75 Å². The summed E-state index contributed by atoms with van der Waals surface area (Å²) in [6, 6.07) is 18.4. The Morgan fingerprint density at radius 2 is 1.48 bits per heavy atom. The fraction of sp³-hybridized carbons (Fsp3) is 0.355. The second kappa shape index (κ2) is 15.3. The first-order valence-electron chi connectivity index (χ1n) is 13.9. The van der Waals surface area contributed by atoms with E-state index in [1.54, 1.807) is 55.5 Å². The minimum atomic E-state index is -4.27. The summed E-state index contributed by atoms with van der Waals surface area (Å²) in [6.45, 7) is 7.24. The molecule has 226 valence electrons. The second-order valence-corrected chi connectivity index (χ2v) is 12.5. The van der Waals surface area contributed by atoms with Crippen molar-refractivity contribution >= 4 is 50.7 Å². The number of amides is 2. The van der Waals surface area contributed by atoms with Gasteiger partial charge in [0.05, 0.1) is 17.2 Å². The van der Waals surface area contributed by atoms with Crippen LogP contribution in [0.4, 0.5) is 5.69 Å². The summed E-state index contributed by atoms with van der Waals surface area (Å²) in [5.41, 5.74) is 0.940. The monoisotopic (exact) mass is 633 g/mol. The number of carbonyl (C=O) groups excluding carboxylic acids is 2. The number of nitrogens with one attached hydrogen (secondary N) is 1. The van der Waals surface area contributed by atoms with Crippen molar-refractivity contribution in [3.63, 3.8) is 0 Å². The van der Waals surface area contributed by atoms with E-state index in [2.05, 4.69) is 5.32 Å². The Balaban J connectivity index is 2.10. The Hall–Kier alpha value is -3.27. The van der Waals surface area contributed by atoms with Crippen molar-refractivity contribution in [1.82, 2.24) is 10.2 Å². The van der Waals surface area contributed by atoms with Crippen LogP contribution in [0.1, 0.15) is 46.1 Å². The molecule has 0 saturated heterocycles. The molecule has 0 unspecified atom stereocenters. The molecule has 0 aromatic heterocycles. The average Bonchev–Trinajstić information content (AvgIpc) is 2.97. The standard InChI is InChI=1S/C31H37Cl2N3O5S/c1-5-22(4)34-31(38)27(6-2)35(20-23-12-14-24(32)15-13-23)30(37)21-36(28-10-8-9-11-29(28)41-7-3)42(39,40)26-18-16-25(33)17-19-26/h8-19,22,27H,5-7,20-21H2,1-4H3,(H,34,38)/t22-,27+/m0/s1. The molecular weight excluding hydrogens is 597 g/mol. The minimum absolute atomic E-state index is 0.0446. The summed E-state index contributed by atoms with van der Waals surface area (Å²) in [7, 11) is -4.27. The van der Waals surface area contributed by atoms with Gasteiger partial charge in [0.25, 0.3) is 10.0 Å². The van der Waals surface area contributed by atoms with Crippen molar-refractivity contribution in [1.29, 1.82) is 0 Å². The molecule has 2 atom stereocenters. The number of carbonyl (C=O) groups is 2. The number of anilines is 1. The maximum absolute atomic E-state index is 14.2. The quantitative estimate of drug-likeness (QED) is 0.224. The van der Waals surface area contributed by atoms with Gasteiger partial charge in [0.1, 0.15) is 18.3 Å². The van der Waals surface area contributed by atoms with E-state index in [9.17, 15) is 18.0 Å². The normalized spacial score (nSPS) is 12.7. The summed E-state index contributed by atoms with van der Waals surface area (Å²) in [5.74, 6) is -0.563. The van der Waals surface area contributed by atoms with Crippen LogP contribution >= 0.6 is 23.2 Å². The van der Waals surface area contributed by atoms with E-state index in [4.69, 9.17) is 27.9 Å². The molecule has 3 rings (SSSR count). The van der Waals surface area contributed by atoms with Gasteiger partial charge in [0.15, 0.2) is 0 Å². The number of sulfonamides is 1. The molecule has 11 heteroatoms. The Kier molecular flexibility index (Phi) is 12.1. The maximum Gasteiger partial charge on any atom is 0.264 e. The predicted octanol–water partition coefficient (Wildman–Crippen LogP) is 6.31. The number of nitrogens with zero attached hydrogens (tertiary/aromatic N) is 2. The number of benzene rings is 3. The van der Waals surface area contributed by atoms with E-state index in [0.717, 1.165) is 9.87 Å². The number of halogens is 2. The Bertz CT molecular complexity index is 1450. The number of hydrogen-bond donors (Lipinski definition) is 1. The average molecular weight is 635 g/mol. The van der Waals surface area contributed by atoms with Crippen LogP contribution in [-0.2, 0) is 26.2 Å². The smallest absolute Gasteiger partial charge is 0.264 e. The molecule has 42 heavy (non-hydrogen) atoms. The highest BCUT2D eigenvalue weighted by Crippen LogP contribution is 2.33. The van der Waals surface area contributed by atoms with Crippen molar-refractivity contribution in [3.05, 3.63) is 88.4 Å². The molecule has 0 aliphatic heterocycles. The summed E-state index contributed by atoms with van der Waals surface area (Å²) >= 11 is 12.1. The minimum Gasteiger partial charge on any atom is -0.492 e. The summed E-state index contributed by atoms with van der Waals surface area (Å²) in [4.78, 5) is 29.0. The van der Waals surface area contributed by atoms with E-state index in [-0.39, 0.29) is 35.7 Å². The predicted molar refractivity (Wildman–Crippen MR) is 168 cm³/mol. The first-order valence-corrected chi connectivity index (χ1v) is 16.1. The molecule has 3 aromatic rings. The van der Waals surface area contributed by atoms with Crippen LogP contribution in [0.15, 0.2) is 77.7 Å². The van der Waals surface area contributed by atoms with Crippen LogP contribution in [-0.4, -0.2) is 50.4 Å². The molecule has 0 spiro atoms. The molecule has 2 amide bonds. The fourth-order valence-corrected chi connectivity index (χ4v) is 6.01. The van der Waals surface area contributed by atoms with E-state index < -0.39 is 28.5 Å². The lowest BCUT2D eigenvalue weighted by Crippen LogP contribution is -2.53. The molecule has 3 aromatic carbocycles. The summed E-state index contributed by atoms with van der Waals surface area (Å²) in [6.07, 6.45) is 1.04. The van der Waals surface area contributed by atoms with Gasteiger partial charge in [-0.15, -0.1) is 0 Å². The number of para-hydroxylation sites is 2. The molecule has 0 aliphatic rings. The summed E-state index contributed by atoms with van der Waals surface area (Å²) < 4.78 is 34.9. The lowest BCUT2D eigenvalue weighted by molar-refractivity contribution is -0.140. The number of hydrogen-bond acceptors (Lipinski definition) is 5. The van der Waals surface area contributed by atoms with Crippen molar-refractivity contribution < 1.29 is 22.7 Å². The zero-order valence-electron chi connectivity index (χ0n) is 24.2. The van der Waals surface area contributed by atoms with E-state index >= 15 is 0 Å². The molecule has 8 nitrogen and oxygen atoms in total. The third-order valence-corrected chi connectivity index (χ3v) is 9.05. The lowest BCUT2D eigenvalue weighted by Gasteiger charge is -2.34. The number of rotatable bonds is 14. The largest absolute Gasteiger partial charge is 0.492 e. The molecule has 0 saturated carbocycles. The molecular formula is C31H37Cl2N3O5S. The maximum atomic E-state index is 14.2. The van der Waals surface area contributed by atoms with Crippen molar-refractivity contribution in [2.45, 2.75) is 64.1 Å². The Morgan fingerprint density at radius 3 is 2.05 bits per heavy atom. The fourth-order valence-electron chi connectivity index (χ4n) is 4.33. The first kappa shape index (κ1) is 33.2. The zero-order valence-corrected chi connectivity index (χ0v) is 26.5. The van der Waals surface area contributed by atoms with Crippen molar-refractivity contribution in [2.75, 3.05) is 17.5 Å². The Labute approximate surface area is 258 Å². The lowest BCUT2D eigenvalue weighted by atomic mass is 10.1. The van der Waals surface area contributed by atoms with E-state index in [0.29, 0.717) is 28.6 Å². The molecule has 0 fully saturated rings. The zero-order chi connectivity index (χ0) is 30.9. The van der Waals surface area contributed by atoms with Crippen LogP contribution in [0.2, 0.25) is 10.0 Å². The van der Waals surface area contributed by atoms with Crippen LogP contribution < -0.4 is 14.4 Å². The highest BCUT2D eigenvalue weighted by Gasteiger charge is 2.35. The van der Waals surface area contributed by atoms with Crippen molar-refractivity contribution in [2.24, 2.45) is 0 Å². The molecule has 1 N–H and O–H groups in total. The van der Waals surface area contributed by atoms with Gasteiger partial charge in [-0.25, -0.2) is 8.42 Å². The van der Waals surface area contributed by atoms with Gasteiger partial charge >= 0.3 is 0 Å². The van der Waals surface area contributed by atoms with Gasteiger partial charge in [-0.3, -0.25) is 13.9 Å². The first-order chi connectivity index (χ1) is 20.0. The van der Waals surface area contributed by atoms with Gasteiger partial charge in [-0.2, -0.15) is 0 Å². The summed E-state index contributed by atoms with van der Waals surface area (Å²) in [5, 5.41) is 3.87. The van der Waals surface area contributed by atoms with Gasteiger partial charge in [-0.05, 0) is 80.8 Å². The topological polar surface area (TPSA) is 96.0 Å². The Morgan fingerprint density at radius 1 is 0.881 bits per heavy atom. The van der Waals surface area contributed by atoms with E-state index in [1.165, 1.54) is 29.2 Å². The van der Waals surface area contributed by atoms with Gasteiger partial charge < -0.3 is 15.0 Å². The molecule has 0 bridgehead atoms. The molecule has 0 heterocycles. The second-order valence-electron chi connectivity index (χ2n) is 9.76. The molecule has 0 radical (unpaired) electrons. The van der Waals surface area contributed by atoms with Crippen LogP contribution in [0.3, 0.4) is 0 Å². The third kappa shape index (κ3) is 8.40. The highest BCUT2D eigenvalue weighted by atomic mass is 35.5. The number of ether oxygens (including phenoxy) is 1. The van der Waals surface area contributed by atoms with Gasteiger partial charge in [0.2, 0.25) is 11.8 Å². The van der Waals surface area contributed by atoms with Gasteiger partial charge in [0, 0.05) is 22.6 Å². The van der Waals surface area contributed by atoms with Crippen LogP contribution in [0.25, 0.3) is 0 Å².